The van der Waals surface area contributed by atoms with Gasteiger partial charge in [0.15, 0.2) is 0 Å². The molecule has 136 valence electrons. The first kappa shape index (κ1) is 17.6. The molecule has 2 aliphatic heterocycles. The minimum absolute atomic E-state index is 0.148. The molecular formula is C19H32N2O3. The molecule has 0 aromatic rings. The lowest BCUT2D eigenvalue weighted by Crippen LogP contribution is -2.52. The highest BCUT2D eigenvalue weighted by Gasteiger charge is 2.49. The Morgan fingerprint density at radius 3 is 2.29 bits per heavy atom. The fourth-order valence-corrected chi connectivity index (χ4v) is 4.58. The molecule has 0 aromatic carbocycles. The number of amides is 2. The van der Waals surface area contributed by atoms with Gasteiger partial charge in [-0.3, -0.25) is 9.69 Å². The molecule has 3 fully saturated rings. The zero-order valence-corrected chi connectivity index (χ0v) is 15.4. The van der Waals surface area contributed by atoms with Gasteiger partial charge < -0.3 is 9.64 Å². The summed E-state index contributed by atoms with van der Waals surface area (Å²) < 4.78 is 5.65. The summed E-state index contributed by atoms with van der Waals surface area (Å²) in [4.78, 5) is 29.7. The van der Waals surface area contributed by atoms with Gasteiger partial charge in [-0.25, -0.2) is 4.79 Å². The van der Waals surface area contributed by atoms with Gasteiger partial charge in [-0.1, -0.05) is 12.8 Å². The highest BCUT2D eigenvalue weighted by molar-refractivity contribution is 5.86. The monoisotopic (exact) mass is 336 g/mol. The molecule has 0 spiro atoms. The minimum Gasteiger partial charge on any atom is -0.444 e. The highest BCUT2D eigenvalue weighted by Crippen LogP contribution is 2.41. The second kappa shape index (κ2) is 6.93. The van der Waals surface area contributed by atoms with Crippen LogP contribution in [0.15, 0.2) is 0 Å². The fraction of sp³-hybridized carbons (Fsp3) is 0.895. The lowest BCUT2D eigenvalue weighted by atomic mass is 9.84. The molecule has 2 saturated heterocycles. The van der Waals surface area contributed by atoms with E-state index in [9.17, 15) is 9.59 Å². The number of nitrogens with zero attached hydrogens (tertiary/aromatic N) is 2. The Hall–Kier alpha value is -1.26. The SMILES string of the molecule is CC(C)(C)OC(=O)N1C2CCCCC2C[C@H]1C(=O)N1CCCCC1. The van der Waals surface area contributed by atoms with Crippen molar-refractivity contribution in [1.82, 2.24) is 9.80 Å². The molecule has 5 nitrogen and oxygen atoms in total. The van der Waals surface area contributed by atoms with Gasteiger partial charge in [0.2, 0.25) is 5.91 Å². The average molecular weight is 336 g/mol. The van der Waals surface area contributed by atoms with Gasteiger partial charge in [0.25, 0.3) is 0 Å². The van der Waals surface area contributed by atoms with E-state index in [1.807, 2.05) is 30.6 Å². The summed E-state index contributed by atoms with van der Waals surface area (Å²) in [6.45, 7) is 7.35. The van der Waals surface area contributed by atoms with Crippen LogP contribution in [0.5, 0.6) is 0 Å². The van der Waals surface area contributed by atoms with Gasteiger partial charge in [-0.2, -0.15) is 0 Å². The molecule has 5 heteroatoms. The van der Waals surface area contributed by atoms with Crippen molar-refractivity contribution >= 4 is 12.0 Å². The van der Waals surface area contributed by atoms with Crippen LogP contribution in [-0.4, -0.2) is 52.6 Å². The van der Waals surface area contributed by atoms with Crippen molar-refractivity contribution in [1.29, 1.82) is 0 Å². The number of ether oxygens (including phenoxy) is 1. The fourth-order valence-electron chi connectivity index (χ4n) is 4.58. The maximum atomic E-state index is 13.1. The van der Waals surface area contributed by atoms with E-state index in [4.69, 9.17) is 4.74 Å². The zero-order valence-electron chi connectivity index (χ0n) is 15.4. The topological polar surface area (TPSA) is 49.9 Å². The van der Waals surface area contributed by atoms with Gasteiger partial charge in [0.1, 0.15) is 11.6 Å². The van der Waals surface area contributed by atoms with Crippen LogP contribution < -0.4 is 0 Å². The third kappa shape index (κ3) is 3.70. The van der Waals surface area contributed by atoms with E-state index >= 15 is 0 Å². The molecule has 2 heterocycles. The van der Waals surface area contributed by atoms with Crippen LogP contribution in [0.3, 0.4) is 0 Å². The molecule has 3 rings (SSSR count). The van der Waals surface area contributed by atoms with Gasteiger partial charge in [-0.15, -0.1) is 0 Å². The Kier molecular flexibility index (Phi) is 5.07. The summed E-state index contributed by atoms with van der Waals surface area (Å²) in [5, 5.41) is 0. The maximum Gasteiger partial charge on any atom is 0.411 e. The van der Waals surface area contributed by atoms with Crippen molar-refractivity contribution in [3.8, 4) is 0 Å². The van der Waals surface area contributed by atoms with Crippen LogP contribution in [0, 0.1) is 5.92 Å². The van der Waals surface area contributed by atoms with E-state index in [1.165, 1.54) is 12.8 Å². The average Bonchev–Trinajstić information content (AvgIpc) is 2.93. The quantitative estimate of drug-likeness (QED) is 0.735. The number of piperidine rings is 1. The van der Waals surface area contributed by atoms with Crippen LogP contribution in [0.1, 0.15) is 72.1 Å². The molecule has 2 amide bonds. The summed E-state index contributed by atoms with van der Waals surface area (Å²) >= 11 is 0. The molecule has 0 aromatic heterocycles. The first-order valence-corrected chi connectivity index (χ1v) is 9.67. The van der Waals surface area contributed by atoms with Gasteiger partial charge in [-0.05, 0) is 65.2 Å². The highest BCUT2D eigenvalue weighted by atomic mass is 16.6. The molecular weight excluding hydrogens is 304 g/mol. The van der Waals surface area contributed by atoms with Crippen LogP contribution >= 0.6 is 0 Å². The minimum atomic E-state index is -0.525. The Balaban J connectivity index is 1.79. The Morgan fingerprint density at radius 2 is 1.62 bits per heavy atom. The molecule has 3 atom stereocenters. The van der Waals surface area contributed by atoms with Crippen LogP contribution in [-0.2, 0) is 9.53 Å². The van der Waals surface area contributed by atoms with Crippen LogP contribution in [0.25, 0.3) is 0 Å². The second-order valence-electron chi connectivity index (χ2n) is 8.64. The number of rotatable bonds is 1. The molecule has 0 radical (unpaired) electrons. The summed E-state index contributed by atoms with van der Waals surface area (Å²) in [5.41, 5.74) is -0.525. The first-order chi connectivity index (χ1) is 11.4. The molecule has 1 aliphatic carbocycles. The van der Waals surface area contributed by atoms with E-state index in [-0.39, 0.29) is 24.1 Å². The van der Waals surface area contributed by atoms with Crippen LogP contribution in [0.2, 0.25) is 0 Å². The molecule has 24 heavy (non-hydrogen) atoms. The summed E-state index contributed by atoms with van der Waals surface area (Å²) in [7, 11) is 0. The van der Waals surface area contributed by atoms with Crippen molar-refractivity contribution in [3.05, 3.63) is 0 Å². The van der Waals surface area contributed by atoms with E-state index in [2.05, 4.69) is 0 Å². The predicted octanol–water partition coefficient (Wildman–Crippen LogP) is 3.57. The van der Waals surface area contributed by atoms with Crippen molar-refractivity contribution in [2.45, 2.75) is 89.8 Å². The van der Waals surface area contributed by atoms with Gasteiger partial charge in [0, 0.05) is 19.1 Å². The number of fused-ring (bicyclic) bond motifs is 1. The molecule has 0 bridgehead atoms. The molecule has 2 unspecified atom stereocenters. The first-order valence-electron chi connectivity index (χ1n) is 9.67. The van der Waals surface area contributed by atoms with Crippen LogP contribution in [0.4, 0.5) is 4.79 Å². The van der Waals surface area contributed by atoms with E-state index in [0.717, 1.165) is 51.6 Å². The number of hydrogen-bond acceptors (Lipinski definition) is 3. The van der Waals surface area contributed by atoms with Crippen molar-refractivity contribution in [2.24, 2.45) is 5.92 Å². The normalized spacial score (nSPS) is 30.9. The number of likely N-dealkylation sites (tertiary alicyclic amines) is 2. The van der Waals surface area contributed by atoms with Crippen molar-refractivity contribution < 1.29 is 14.3 Å². The van der Waals surface area contributed by atoms with E-state index < -0.39 is 5.60 Å². The summed E-state index contributed by atoms with van der Waals surface area (Å²) in [6, 6.07) is -0.126. The maximum absolute atomic E-state index is 13.1. The Labute approximate surface area is 145 Å². The van der Waals surface area contributed by atoms with Gasteiger partial charge >= 0.3 is 6.09 Å². The van der Waals surface area contributed by atoms with E-state index in [0.29, 0.717) is 5.92 Å². The largest absolute Gasteiger partial charge is 0.444 e. The smallest absolute Gasteiger partial charge is 0.411 e. The Morgan fingerprint density at radius 1 is 0.958 bits per heavy atom. The predicted molar refractivity (Wildman–Crippen MR) is 92.7 cm³/mol. The molecule has 1 saturated carbocycles. The summed E-state index contributed by atoms with van der Waals surface area (Å²) in [5.74, 6) is 0.611. The van der Waals surface area contributed by atoms with Crippen molar-refractivity contribution in [2.75, 3.05) is 13.1 Å². The van der Waals surface area contributed by atoms with Crippen molar-refractivity contribution in [3.63, 3.8) is 0 Å². The second-order valence-corrected chi connectivity index (χ2v) is 8.64. The Bertz CT molecular complexity index is 479. The number of carbonyl (C=O) groups is 2. The third-order valence-corrected chi connectivity index (χ3v) is 5.65. The standard InChI is InChI=1S/C19H32N2O3/c1-19(2,3)24-18(23)21-15-10-6-5-9-14(15)13-16(21)17(22)20-11-7-4-8-12-20/h14-16H,4-13H2,1-3H3/t14?,15?,16-/m0/s1. The number of hydrogen-bond donors (Lipinski definition) is 0. The lowest BCUT2D eigenvalue weighted by Gasteiger charge is -2.36. The zero-order chi connectivity index (χ0) is 17.3. The lowest BCUT2D eigenvalue weighted by molar-refractivity contribution is -0.137. The molecule has 3 aliphatic rings. The molecule has 0 N–H and O–H groups in total. The van der Waals surface area contributed by atoms with E-state index in [1.54, 1.807) is 0 Å². The summed E-state index contributed by atoms with van der Waals surface area (Å²) in [6.07, 6.45) is 8.39. The third-order valence-electron chi connectivity index (χ3n) is 5.65. The number of carbonyl (C=O) groups excluding carboxylic acids is 2. The van der Waals surface area contributed by atoms with Gasteiger partial charge in [0.05, 0.1) is 0 Å².